The highest BCUT2D eigenvalue weighted by atomic mass is 32.1. The fourth-order valence-electron chi connectivity index (χ4n) is 3.08. The van der Waals surface area contributed by atoms with Crippen molar-refractivity contribution in [1.29, 1.82) is 0 Å². The number of rotatable bonds is 4. The number of aliphatic hydroxyl groups excluding tert-OH is 1. The topological polar surface area (TPSA) is 43.8 Å². The highest BCUT2D eigenvalue weighted by molar-refractivity contribution is 7.21. The molecule has 0 bridgehead atoms. The highest BCUT2D eigenvalue weighted by Crippen LogP contribution is 2.31. The van der Waals surface area contributed by atoms with E-state index < -0.39 is 0 Å². The van der Waals surface area contributed by atoms with E-state index in [1.54, 1.807) is 11.3 Å². The largest absolute Gasteiger partial charge is 0.392 e. The Labute approximate surface area is 141 Å². The molecule has 1 aromatic heterocycles. The van der Waals surface area contributed by atoms with Crippen LogP contribution in [0.4, 0.5) is 0 Å². The molecule has 1 aliphatic heterocycles. The maximum absolute atomic E-state index is 12.8. The van der Waals surface area contributed by atoms with Crippen molar-refractivity contribution in [3.63, 3.8) is 0 Å². The fourth-order valence-corrected chi connectivity index (χ4v) is 4.26. The number of piperazine rings is 1. The number of fused-ring (bicyclic) bond motifs is 1. The van der Waals surface area contributed by atoms with Crippen LogP contribution in [0.2, 0.25) is 0 Å². The first-order valence-electron chi connectivity index (χ1n) is 8.28. The van der Waals surface area contributed by atoms with E-state index in [1.165, 1.54) is 10.1 Å². The second kappa shape index (κ2) is 6.99. The molecule has 4 nitrogen and oxygen atoms in total. The van der Waals surface area contributed by atoms with E-state index in [9.17, 15) is 9.90 Å². The van der Waals surface area contributed by atoms with Gasteiger partial charge in [-0.3, -0.25) is 9.69 Å². The minimum absolute atomic E-state index is 0.152. The number of carbonyl (C=O) groups is 1. The Morgan fingerprint density at radius 2 is 1.96 bits per heavy atom. The SMILES string of the molecule is CCC(O)CN1CCN(C(=O)c2sc3ccccc3c2C)CC1. The van der Waals surface area contributed by atoms with Gasteiger partial charge < -0.3 is 10.0 Å². The third-order valence-electron chi connectivity index (χ3n) is 4.64. The molecule has 1 N–H and O–H groups in total. The lowest BCUT2D eigenvalue weighted by Crippen LogP contribution is -2.50. The summed E-state index contributed by atoms with van der Waals surface area (Å²) in [6, 6.07) is 8.20. The molecule has 1 fully saturated rings. The monoisotopic (exact) mass is 332 g/mol. The van der Waals surface area contributed by atoms with Gasteiger partial charge in [-0.25, -0.2) is 0 Å². The molecule has 2 aromatic rings. The maximum Gasteiger partial charge on any atom is 0.264 e. The quantitative estimate of drug-likeness (QED) is 0.936. The van der Waals surface area contributed by atoms with Gasteiger partial charge in [0.05, 0.1) is 11.0 Å². The first kappa shape index (κ1) is 16.4. The molecule has 3 rings (SSSR count). The van der Waals surface area contributed by atoms with Gasteiger partial charge in [0.1, 0.15) is 0 Å². The lowest BCUT2D eigenvalue weighted by molar-refractivity contribution is 0.0527. The standard InChI is InChI=1S/C18H24N2O2S/c1-3-14(21)12-19-8-10-20(11-9-19)18(22)17-13(2)15-6-4-5-7-16(15)23-17/h4-7,14,21H,3,8-12H2,1-2H3. The summed E-state index contributed by atoms with van der Waals surface area (Å²) in [5.74, 6) is 0.152. The molecule has 5 heteroatoms. The van der Waals surface area contributed by atoms with E-state index in [-0.39, 0.29) is 12.0 Å². The van der Waals surface area contributed by atoms with Crippen molar-refractivity contribution >= 4 is 27.3 Å². The van der Waals surface area contributed by atoms with Crippen LogP contribution in [0.1, 0.15) is 28.6 Å². The van der Waals surface area contributed by atoms with E-state index in [2.05, 4.69) is 17.0 Å². The molecular formula is C18H24N2O2S. The molecule has 23 heavy (non-hydrogen) atoms. The van der Waals surface area contributed by atoms with Gasteiger partial charge in [-0.1, -0.05) is 25.1 Å². The smallest absolute Gasteiger partial charge is 0.264 e. The number of nitrogens with zero attached hydrogens (tertiary/aromatic N) is 2. The second-order valence-corrected chi connectivity index (χ2v) is 7.26. The molecule has 0 radical (unpaired) electrons. The maximum atomic E-state index is 12.8. The number of hydrogen-bond donors (Lipinski definition) is 1. The van der Waals surface area contributed by atoms with Gasteiger partial charge >= 0.3 is 0 Å². The van der Waals surface area contributed by atoms with Crippen LogP contribution in [0.3, 0.4) is 0 Å². The van der Waals surface area contributed by atoms with Gasteiger partial charge in [0.15, 0.2) is 0 Å². The van der Waals surface area contributed by atoms with Gasteiger partial charge in [-0.05, 0) is 30.4 Å². The van der Waals surface area contributed by atoms with Crippen molar-refractivity contribution in [3.05, 3.63) is 34.7 Å². The zero-order valence-electron chi connectivity index (χ0n) is 13.8. The van der Waals surface area contributed by atoms with Gasteiger partial charge in [0, 0.05) is 37.4 Å². The predicted molar refractivity (Wildman–Crippen MR) is 95.2 cm³/mol. The number of carbonyl (C=O) groups excluding carboxylic acids is 1. The van der Waals surface area contributed by atoms with Crippen LogP contribution in [0, 0.1) is 6.92 Å². The van der Waals surface area contributed by atoms with E-state index in [1.807, 2.05) is 30.9 Å². The normalized spacial score (nSPS) is 17.6. The van der Waals surface area contributed by atoms with E-state index in [0.29, 0.717) is 6.54 Å². The van der Waals surface area contributed by atoms with E-state index in [0.717, 1.165) is 43.0 Å². The molecule has 1 atom stereocenters. The Bertz CT molecular complexity index is 689. The van der Waals surface area contributed by atoms with Crippen molar-refractivity contribution < 1.29 is 9.90 Å². The van der Waals surface area contributed by atoms with Crippen LogP contribution in [0.5, 0.6) is 0 Å². The molecule has 1 aliphatic rings. The Morgan fingerprint density at radius 3 is 2.61 bits per heavy atom. The van der Waals surface area contributed by atoms with Crippen LogP contribution in [0.25, 0.3) is 10.1 Å². The second-order valence-electron chi connectivity index (χ2n) is 6.21. The van der Waals surface area contributed by atoms with Crippen LogP contribution in [0.15, 0.2) is 24.3 Å². The summed E-state index contributed by atoms with van der Waals surface area (Å²) in [6.07, 6.45) is 0.516. The zero-order chi connectivity index (χ0) is 16.4. The number of aliphatic hydroxyl groups is 1. The average Bonchev–Trinajstić information content (AvgIpc) is 2.92. The molecule has 0 saturated carbocycles. The first-order valence-corrected chi connectivity index (χ1v) is 9.09. The van der Waals surface area contributed by atoms with Crippen LogP contribution < -0.4 is 0 Å². The Hall–Kier alpha value is -1.43. The number of amides is 1. The minimum Gasteiger partial charge on any atom is -0.392 e. The van der Waals surface area contributed by atoms with Gasteiger partial charge in [0.2, 0.25) is 0 Å². The minimum atomic E-state index is -0.262. The number of hydrogen-bond acceptors (Lipinski definition) is 4. The summed E-state index contributed by atoms with van der Waals surface area (Å²) in [5, 5.41) is 10.9. The third kappa shape index (κ3) is 3.42. The van der Waals surface area contributed by atoms with Crippen molar-refractivity contribution in [2.24, 2.45) is 0 Å². The van der Waals surface area contributed by atoms with Crippen molar-refractivity contribution in [1.82, 2.24) is 9.80 Å². The number of β-amino-alcohol motifs (C(OH)–C–C–N with tert-alkyl or cyclic N) is 1. The van der Waals surface area contributed by atoms with E-state index >= 15 is 0 Å². The van der Waals surface area contributed by atoms with Gasteiger partial charge in [0.25, 0.3) is 5.91 Å². The van der Waals surface area contributed by atoms with Gasteiger partial charge in [-0.2, -0.15) is 0 Å². The predicted octanol–water partition coefficient (Wildman–Crippen LogP) is 2.74. The fraction of sp³-hybridized carbons (Fsp3) is 0.500. The summed E-state index contributed by atoms with van der Waals surface area (Å²) in [5.41, 5.74) is 1.10. The molecule has 0 aliphatic carbocycles. The highest BCUT2D eigenvalue weighted by Gasteiger charge is 2.25. The molecular weight excluding hydrogens is 308 g/mol. The molecule has 1 amide bonds. The number of thiophene rings is 1. The average molecular weight is 332 g/mol. The van der Waals surface area contributed by atoms with Crippen molar-refractivity contribution in [3.8, 4) is 0 Å². The first-order chi connectivity index (χ1) is 11.1. The van der Waals surface area contributed by atoms with Gasteiger partial charge in [-0.15, -0.1) is 11.3 Å². The zero-order valence-corrected chi connectivity index (χ0v) is 14.6. The summed E-state index contributed by atoms with van der Waals surface area (Å²) < 4.78 is 1.18. The number of benzene rings is 1. The molecule has 1 saturated heterocycles. The van der Waals surface area contributed by atoms with Crippen LogP contribution in [-0.4, -0.2) is 59.6 Å². The molecule has 1 unspecified atom stereocenters. The Morgan fingerprint density at radius 1 is 1.26 bits per heavy atom. The Kier molecular flexibility index (Phi) is 4.99. The molecule has 1 aromatic carbocycles. The van der Waals surface area contributed by atoms with Crippen molar-refractivity contribution in [2.45, 2.75) is 26.4 Å². The van der Waals surface area contributed by atoms with Crippen LogP contribution >= 0.6 is 11.3 Å². The third-order valence-corrected chi connectivity index (χ3v) is 5.90. The lowest BCUT2D eigenvalue weighted by atomic mass is 10.1. The van der Waals surface area contributed by atoms with Crippen molar-refractivity contribution in [2.75, 3.05) is 32.7 Å². The molecule has 0 spiro atoms. The summed E-state index contributed by atoms with van der Waals surface area (Å²) >= 11 is 1.60. The lowest BCUT2D eigenvalue weighted by Gasteiger charge is -2.35. The summed E-state index contributed by atoms with van der Waals surface area (Å²) in [4.78, 5) is 17.9. The van der Waals surface area contributed by atoms with Crippen LogP contribution in [-0.2, 0) is 0 Å². The summed E-state index contributed by atoms with van der Waals surface area (Å²) in [7, 11) is 0. The summed E-state index contributed by atoms with van der Waals surface area (Å²) in [6.45, 7) is 7.90. The molecule has 124 valence electrons. The Balaban J connectivity index is 1.68. The van der Waals surface area contributed by atoms with E-state index in [4.69, 9.17) is 0 Å². The number of aryl methyl sites for hydroxylation is 1. The molecule has 2 heterocycles.